The molecular formula is C22H15O11P. The van der Waals surface area contributed by atoms with Gasteiger partial charge < -0.3 is 29.8 Å². The van der Waals surface area contributed by atoms with Gasteiger partial charge in [-0.2, -0.15) is 0 Å². The first kappa shape index (κ1) is 24.2. The Morgan fingerprint density at radius 2 is 1.41 bits per heavy atom. The molecule has 5 N–H and O–H groups in total. The molecular weight excluding hydrogens is 471 g/mol. The molecule has 1 aliphatic carbocycles. The van der Waals surface area contributed by atoms with Crippen LogP contribution in [0.5, 0.6) is 11.5 Å². The SMILES string of the molecule is O=C(O)C1=C/C(=C(/c2ccc(O)c(C(=O)O)c2)c2ccc(O[PH](=O)O)c(C(=O)O)c2)C=CC1=O. The zero-order chi connectivity index (χ0) is 25.2. The number of carbonyl (C=O) groups is 4. The summed E-state index contributed by atoms with van der Waals surface area (Å²) in [4.78, 5) is 55.7. The molecule has 0 amide bonds. The third kappa shape index (κ3) is 4.96. The second-order valence-electron chi connectivity index (χ2n) is 6.81. The third-order valence-electron chi connectivity index (χ3n) is 4.71. The first-order chi connectivity index (χ1) is 16.0. The van der Waals surface area contributed by atoms with Crippen LogP contribution >= 0.6 is 8.25 Å². The average molecular weight is 486 g/mol. The Morgan fingerprint density at radius 1 is 0.824 bits per heavy atom. The van der Waals surface area contributed by atoms with Gasteiger partial charge in [0.1, 0.15) is 28.2 Å². The number of allylic oxidation sites excluding steroid dienone is 4. The normalized spacial score (nSPS) is 15.3. The molecule has 0 heterocycles. The summed E-state index contributed by atoms with van der Waals surface area (Å²) in [6.45, 7) is 0. The predicted molar refractivity (Wildman–Crippen MR) is 116 cm³/mol. The lowest BCUT2D eigenvalue weighted by atomic mass is 9.87. The summed E-state index contributed by atoms with van der Waals surface area (Å²) in [6.07, 6.45) is 3.31. The van der Waals surface area contributed by atoms with E-state index in [1.165, 1.54) is 18.2 Å². The highest BCUT2D eigenvalue weighted by molar-refractivity contribution is 7.32. The van der Waals surface area contributed by atoms with Crippen molar-refractivity contribution in [2.75, 3.05) is 0 Å². The Balaban J connectivity index is 2.37. The van der Waals surface area contributed by atoms with Crippen molar-refractivity contribution in [3.05, 3.63) is 88.0 Å². The van der Waals surface area contributed by atoms with Crippen LogP contribution < -0.4 is 4.52 Å². The lowest BCUT2D eigenvalue weighted by Crippen LogP contribution is -2.13. The van der Waals surface area contributed by atoms with Gasteiger partial charge >= 0.3 is 26.2 Å². The Hall–Kier alpha value is -4.47. The fourth-order valence-electron chi connectivity index (χ4n) is 3.25. The van der Waals surface area contributed by atoms with Crippen LogP contribution in [0.1, 0.15) is 31.8 Å². The van der Waals surface area contributed by atoms with Crippen molar-refractivity contribution in [1.29, 1.82) is 0 Å². The molecule has 2 aromatic carbocycles. The number of hydrogen-bond acceptors (Lipinski definition) is 7. The second-order valence-corrected chi connectivity index (χ2v) is 7.55. The van der Waals surface area contributed by atoms with Crippen LogP contribution in [0.25, 0.3) is 5.57 Å². The topological polar surface area (TPSA) is 196 Å². The van der Waals surface area contributed by atoms with E-state index in [2.05, 4.69) is 4.52 Å². The number of phenols is 1. The molecule has 2 aromatic rings. The van der Waals surface area contributed by atoms with E-state index in [1.807, 2.05) is 0 Å². The number of aromatic carboxylic acids is 2. The molecule has 12 heteroatoms. The summed E-state index contributed by atoms with van der Waals surface area (Å²) in [7, 11) is -3.53. The van der Waals surface area contributed by atoms with Gasteiger partial charge in [0.2, 0.25) is 0 Å². The number of aliphatic carboxylic acids is 1. The summed E-state index contributed by atoms with van der Waals surface area (Å²) in [5.74, 6) is -6.19. The number of aromatic hydroxyl groups is 1. The van der Waals surface area contributed by atoms with Crippen molar-refractivity contribution in [1.82, 2.24) is 0 Å². The first-order valence-corrected chi connectivity index (χ1v) is 10.5. The number of hydrogen-bond donors (Lipinski definition) is 5. The smallest absolute Gasteiger partial charge is 0.365 e. The summed E-state index contributed by atoms with van der Waals surface area (Å²) < 4.78 is 15.7. The van der Waals surface area contributed by atoms with Gasteiger partial charge in [-0.1, -0.05) is 18.2 Å². The molecule has 0 saturated heterocycles. The second kappa shape index (κ2) is 9.57. The maximum absolute atomic E-state index is 11.9. The Kier molecular flexibility index (Phi) is 6.81. The van der Waals surface area contributed by atoms with E-state index in [-0.39, 0.29) is 22.3 Å². The molecule has 1 unspecified atom stereocenters. The highest BCUT2D eigenvalue weighted by Crippen LogP contribution is 2.36. The molecule has 3 rings (SSSR count). The van der Waals surface area contributed by atoms with E-state index >= 15 is 0 Å². The predicted octanol–water partition coefficient (Wildman–Crippen LogP) is 2.50. The van der Waals surface area contributed by atoms with Crippen molar-refractivity contribution in [2.45, 2.75) is 0 Å². The molecule has 1 aliphatic rings. The van der Waals surface area contributed by atoms with E-state index in [0.29, 0.717) is 0 Å². The van der Waals surface area contributed by atoms with Crippen LogP contribution in [-0.4, -0.2) is 49.0 Å². The van der Waals surface area contributed by atoms with Gasteiger partial charge in [-0.15, -0.1) is 0 Å². The molecule has 0 bridgehead atoms. The van der Waals surface area contributed by atoms with E-state index in [4.69, 9.17) is 4.89 Å². The van der Waals surface area contributed by atoms with Crippen molar-refractivity contribution < 1.29 is 53.6 Å². The van der Waals surface area contributed by atoms with Gasteiger partial charge in [-0.25, -0.2) is 18.9 Å². The van der Waals surface area contributed by atoms with Crippen molar-refractivity contribution in [2.24, 2.45) is 0 Å². The number of rotatable bonds is 7. The molecule has 174 valence electrons. The summed E-state index contributed by atoms with van der Waals surface area (Å²) in [6, 6.07) is 7.00. The quantitative estimate of drug-likeness (QED) is 0.285. The average Bonchev–Trinajstić information content (AvgIpc) is 2.76. The standard InChI is InChI=1S/C22H15O11P/c23-16-4-1-10(7-13(16)20(25)26)19(11-2-5-17(24)14(8-11)21(27)28)12-3-6-18(33-34(31)32)15(9-12)22(29)30/h1-9,23,34H,(H,25,26)(H,27,28)(H,29,30)(H,31,32)/b19-11-. The van der Waals surface area contributed by atoms with Crippen LogP contribution in [0.4, 0.5) is 0 Å². The molecule has 34 heavy (non-hydrogen) atoms. The molecule has 0 aliphatic heterocycles. The molecule has 11 nitrogen and oxygen atoms in total. The van der Waals surface area contributed by atoms with Gasteiger partial charge in [0.05, 0.1) is 0 Å². The van der Waals surface area contributed by atoms with E-state index < -0.39 is 60.1 Å². The fourth-order valence-corrected chi connectivity index (χ4v) is 3.62. The van der Waals surface area contributed by atoms with Crippen molar-refractivity contribution >= 4 is 37.5 Å². The summed E-state index contributed by atoms with van der Waals surface area (Å²) in [5, 5.41) is 38.1. The zero-order valence-electron chi connectivity index (χ0n) is 16.9. The summed E-state index contributed by atoms with van der Waals surface area (Å²) in [5.41, 5.74) is -1.05. The lowest BCUT2D eigenvalue weighted by molar-refractivity contribution is -0.134. The molecule has 0 saturated carbocycles. The number of carboxylic acids is 3. The Bertz CT molecular complexity index is 1360. The van der Waals surface area contributed by atoms with E-state index in [1.54, 1.807) is 0 Å². The van der Waals surface area contributed by atoms with Crippen LogP contribution in [0, 0.1) is 0 Å². The highest BCUT2D eigenvalue weighted by Gasteiger charge is 2.23. The lowest BCUT2D eigenvalue weighted by Gasteiger charge is -2.17. The first-order valence-electron chi connectivity index (χ1n) is 9.26. The maximum Gasteiger partial charge on any atom is 0.365 e. The maximum atomic E-state index is 11.9. The van der Waals surface area contributed by atoms with Crippen molar-refractivity contribution in [3.63, 3.8) is 0 Å². The largest absolute Gasteiger partial charge is 0.507 e. The van der Waals surface area contributed by atoms with Gasteiger partial charge in [0, 0.05) is 0 Å². The van der Waals surface area contributed by atoms with Crippen molar-refractivity contribution in [3.8, 4) is 11.5 Å². The molecule has 0 aromatic heterocycles. The minimum atomic E-state index is -3.53. The zero-order valence-corrected chi connectivity index (χ0v) is 17.9. The number of ketones is 1. The van der Waals surface area contributed by atoms with E-state index in [0.717, 1.165) is 36.4 Å². The number of benzene rings is 2. The molecule has 1 atom stereocenters. The van der Waals surface area contributed by atoms with Gasteiger partial charge in [-0.05, 0) is 58.7 Å². The Morgan fingerprint density at radius 3 is 1.97 bits per heavy atom. The monoisotopic (exact) mass is 486 g/mol. The fraction of sp³-hybridized carbons (Fsp3) is 0. The van der Waals surface area contributed by atoms with Crippen LogP contribution in [0.2, 0.25) is 0 Å². The van der Waals surface area contributed by atoms with Crippen LogP contribution in [-0.2, 0) is 14.2 Å². The van der Waals surface area contributed by atoms with E-state index in [9.17, 15) is 44.2 Å². The minimum absolute atomic E-state index is 0.121. The molecule has 0 fully saturated rings. The molecule has 0 radical (unpaired) electrons. The highest BCUT2D eigenvalue weighted by atomic mass is 31.1. The van der Waals surface area contributed by atoms with Gasteiger partial charge in [-0.3, -0.25) is 4.79 Å². The number of carboxylic acid groups (broad SMARTS) is 3. The van der Waals surface area contributed by atoms with Gasteiger partial charge in [0.15, 0.2) is 5.78 Å². The Labute approximate surface area is 191 Å². The number of carbonyl (C=O) groups excluding carboxylic acids is 1. The minimum Gasteiger partial charge on any atom is -0.507 e. The molecule has 0 spiro atoms. The summed E-state index contributed by atoms with van der Waals surface area (Å²) >= 11 is 0. The van der Waals surface area contributed by atoms with Gasteiger partial charge in [0.25, 0.3) is 0 Å². The van der Waals surface area contributed by atoms with Crippen LogP contribution in [0.3, 0.4) is 0 Å². The van der Waals surface area contributed by atoms with Crippen LogP contribution in [0.15, 0.2) is 65.8 Å². The third-order valence-corrected chi connectivity index (χ3v) is 5.10.